The van der Waals surface area contributed by atoms with E-state index in [0.29, 0.717) is 24.7 Å². The number of amides is 1. The number of para-hydroxylation sites is 1. The van der Waals surface area contributed by atoms with Crippen LogP contribution in [0, 0.1) is 6.92 Å². The SMILES string of the molecule is CCCOc1ccc(-c2nn(-c3ccccc3)cc2/C=C2/SC(N3CCOCC3)=NC2=O)cc1C. The largest absolute Gasteiger partial charge is 0.493 e. The van der Waals surface area contributed by atoms with Gasteiger partial charge in [-0.3, -0.25) is 4.79 Å². The van der Waals surface area contributed by atoms with Crippen molar-refractivity contribution in [2.24, 2.45) is 4.99 Å². The molecule has 0 N–H and O–H groups in total. The van der Waals surface area contributed by atoms with Crippen LogP contribution in [0.15, 0.2) is 64.6 Å². The van der Waals surface area contributed by atoms with Gasteiger partial charge < -0.3 is 14.4 Å². The van der Waals surface area contributed by atoms with Gasteiger partial charge in [-0.15, -0.1) is 0 Å². The smallest absolute Gasteiger partial charge is 0.286 e. The first-order chi connectivity index (χ1) is 17.1. The number of carbonyl (C=O) groups excluding carboxylic acids is 1. The summed E-state index contributed by atoms with van der Waals surface area (Å²) in [5.74, 6) is 0.664. The zero-order valence-electron chi connectivity index (χ0n) is 19.9. The first kappa shape index (κ1) is 23.4. The van der Waals surface area contributed by atoms with Gasteiger partial charge in [0.05, 0.1) is 30.4 Å². The van der Waals surface area contributed by atoms with Crippen molar-refractivity contribution in [3.63, 3.8) is 0 Å². The number of aliphatic imine (C=N–C) groups is 1. The topological polar surface area (TPSA) is 68.9 Å². The molecule has 0 aliphatic carbocycles. The van der Waals surface area contributed by atoms with Crippen molar-refractivity contribution in [2.75, 3.05) is 32.9 Å². The molecule has 2 aromatic carbocycles. The first-order valence-electron chi connectivity index (χ1n) is 11.9. The number of nitrogens with zero attached hydrogens (tertiary/aromatic N) is 4. The van der Waals surface area contributed by atoms with Crippen LogP contribution >= 0.6 is 11.8 Å². The molecule has 7 nitrogen and oxygen atoms in total. The average molecular weight is 489 g/mol. The van der Waals surface area contributed by atoms with Crippen LogP contribution in [-0.4, -0.2) is 58.7 Å². The molecule has 0 radical (unpaired) electrons. The van der Waals surface area contributed by atoms with Crippen LogP contribution in [0.2, 0.25) is 0 Å². The molecule has 0 spiro atoms. The van der Waals surface area contributed by atoms with Crippen LogP contribution < -0.4 is 4.74 Å². The molecule has 5 rings (SSSR count). The number of aromatic nitrogens is 2. The molecule has 3 heterocycles. The van der Waals surface area contributed by atoms with Gasteiger partial charge in [0, 0.05) is 30.4 Å². The zero-order chi connectivity index (χ0) is 24.2. The molecule has 0 bridgehead atoms. The van der Waals surface area contributed by atoms with Gasteiger partial charge in [0.25, 0.3) is 5.91 Å². The summed E-state index contributed by atoms with van der Waals surface area (Å²) in [6.45, 7) is 7.61. The lowest BCUT2D eigenvalue weighted by molar-refractivity contribution is -0.113. The molecule has 35 heavy (non-hydrogen) atoms. The minimum atomic E-state index is -0.214. The summed E-state index contributed by atoms with van der Waals surface area (Å²) < 4.78 is 13.1. The van der Waals surface area contributed by atoms with E-state index in [-0.39, 0.29) is 5.91 Å². The summed E-state index contributed by atoms with van der Waals surface area (Å²) in [5.41, 5.74) is 4.64. The predicted octanol–water partition coefficient (Wildman–Crippen LogP) is 4.94. The lowest BCUT2D eigenvalue weighted by atomic mass is 10.0. The van der Waals surface area contributed by atoms with E-state index in [1.165, 1.54) is 11.8 Å². The van der Waals surface area contributed by atoms with Gasteiger partial charge in [0.1, 0.15) is 11.4 Å². The Kier molecular flexibility index (Phi) is 7.01. The van der Waals surface area contributed by atoms with Crippen LogP contribution in [0.1, 0.15) is 24.5 Å². The van der Waals surface area contributed by atoms with Gasteiger partial charge in [-0.25, -0.2) is 4.68 Å². The molecule has 180 valence electrons. The third-order valence-electron chi connectivity index (χ3n) is 5.85. The minimum Gasteiger partial charge on any atom is -0.493 e. The van der Waals surface area contributed by atoms with E-state index in [9.17, 15) is 4.79 Å². The van der Waals surface area contributed by atoms with Gasteiger partial charge in [0.15, 0.2) is 5.17 Å². The van der Waals surface area contributed by atoms with Crippen LogP contribution in [-0.2, 0) is 9.53 Å². The van der Waals surface area contributed by atoms with Crippen molar-refractivity contribution in [3.8, 4) is 22.7 Å². The predicted molar refractivity (Wildman–Crippen MR) is 140 cm³/mol. The van der Waals surface area contributed by atoms with E-state index in [2.05, 4.69) is 22.9 Å². The highest BCUT2D eigenvalue weighted by Crippen LogP contribution is 2.34. The minimum absolute atomic E-state index is 0.214. The fourth-order valence-electron chi connectivity index (χ4n) is 4.03. The Morgan fingerprint density at radius 3 is 2.69 bits per heavy atom. The Balaban J connectivity index is 1.50. The van der Waals surface area contributed by atoms with E-state index < -0.39 is 0 Å². The highest BCUT2D eigenvalue weighted by atomic mass is 32.2. The van der Waals surface area contributed by atoms with Gasteiger partial charge in [-0.2, -0.15) is 10.1 Å². The highest BCUT2D eigenvalue weighted by molar-refractivity contribution is 8.18. The average Bonchev–Trinajstić information content (AvgIpc) is 3.48. The summed E-state index contributed by atoms with van der Waals surface area (Å²) in [6.07, 6.45) is 4.83. The molecule has 0 unspecified atom stereocenters. The van der Waals surface area contributed by atoms with E-state index in [1.807, 2.05) is 66.3 Å². The van der Waals surface area contributed by atoms with Crippen molar-refractivity contribution in [1.82, 2.24) is 14.7 Å². The zero-order valence-corrected chi connectivity index (χ0v) is 20.8. The van der Waals surface area contributed by atoms with Crippen molar-refractivity contribution in [2.45, 2.75) is 20.3 Å². The number of morpholine rings is 1. The second-order valence-corrected chi connectivity index (χ2v) is 9.46. The molecule has 1 saturated heterocycles. The molecule has 3 aromatic rings. The summed E-state index contributed by atoms with van der Waals surface area (Å²) in [6, 6.07) is 16.1. The second kappa shape index (κ2) is 10.5. The summed E-state index contributed by atoms with van der Waals surface area (Å²) >= 11 is 1.42. The first-order valence-corrected chi connectivity index (χ1v) is 12.7. The van der Waals surface area contributed by atoms with Gasteiger partial charge in [-0.05, 0) is 67.1 Å². The quantitative estimate of drug-likeness (QED) is 0.458. The molecular weight excluding hydrogens is 460 g/mol. The molecule has 1 fully saturated rings. The number of hydrogen-bond donors (Lipinski definition) is 0. The summed E-state index contributed by atoms with van der Waals surface area (Å²) in [4.78, 5) is 19.8. The third kappa shape index (κ3) is 5.18. The van der Waals surface area contributed by atoms with E-state index in [0.717, 1.165) is 58.5 Å². The normalized spacial score (nSPS) is 17.2. The summed E-state index contributed by atoms with van der Waals surface area (Å²) in [7, 11) is 0. The van der Waals surface area contributed by atoms with Crippen LogP contribution in [0.25, 0.3) is 23.0 Å². The van der Waals surface area contributed by atoms with Crippen LogP contribution in [0.5, 0.6) is 5.75 Å². The molecule has 0 saturated carbocycles. The van der Waals surface area contributed by atoms with Crippen molar-refractivity contribution in [1.29, 1.82) is 0 Å². The van der Waals surface area contributed by atoms with E-state index in [4.69, 9.17) is 14.6 Å². The van der Waals surface area contributed by atoms with E-state index in [1.54, 1.807) is 0 Å². The molecule has 2 aliphatic rings. The number of carbonyl (C=O) groups is 1. The number of benzene rings is 2. The summed E-state index contributed by atoms with van der Waals surface area (Å²) in [5, 5.41) is 5.65. The maximum atomic E-state index is 12.8. The van der Waals surface area contributed by atoms with Crippen molar-refractivity contribution >= 4 is 28.9 Å². The van der Waals surface area contributed by atoms with Gasteiger partial charge in [-0.1, -0.05) is 25.1 Å². The van der Waals surface area contributed by atoms with E-state index >= 15 is 0 Å². The third-order valence-corrected chi connectivity index (χ3v) is 6.90. The number of thioether (sulfide) groups is 1. The fourth-order valence-corrected chi connectivity index (χ4v) is 4.99. The maximum absolute atomic E-state index is 12.8. The number of hydrogen-bond acceptors (Lipinski definition) is 6. The molecule has 1 amide bonds. The molecular formula is C27H28N4O3S. The molecule has 0 atom stereocenters. The number of amidine groups is 1. The highest BCUT2D eigenvalue weighted by Gasteiger charge is 2.28. The monoisotopic (exact) mass is 488 g/mol. The number of aryl methyl sites for hydroxylation is 1. The fraction of sp³-hybridized carbons (Fsp3) is 0.296. The molecule has 2 aliphatic heterocycles. The Labute approximate surface area is 209 Å². The van der Waals surface area contributed by atoms with Crippen LogP contribution in [0.3, 0.4) is 0 Å². The Morgan fingerprint density at radius 2 is 1.94 bits per heavy atom. The number of rotatable bonds is 6. The van der Waals surface area contributed by atoms with Crippen molar-refractivity contribution in [3.05, 3.63) is 70.8 Å². The van der Waals surface area contributed by atoms with Crippen molar-refractivity contribution < 1.29 is 14.3 Å². The molecule has 1 aromatic heterocycles. The Hall–Kier alpha value is -3.36. The maximum Gasteiger partial charge on any atom is 0.286 e. The Bertz CT molecular complexity index is 1280. The lowest BCUT2D eigenvalue weighted by Crippen LogP contribution is -2.38. The number of ether oxygens (including phenoxy) is 2. The van der Waals surface area contributed by atoms with Crippen LogP contribution in [0.4, 0.5) is 0 Å². The standard InChI is InChI=1S/C27H28N4O3S/c1-3-13-34-23-10-9-20(16-19(23)2)25-21(18-31(29-25)22-7-5-4-6-8-22)17-24-26(32)28-27(35-24)30-11-14-33-15-12-30/h4-10,16-18H,3,11-15H2,1-2H3/b24-17+. The second-order valence-electron chi connectivity index (χ2n) is 8.45. The van der Waals surface area contributed by atoms with Gasteiger partial charge in [0.2, 0.25) is 0 Å². The Morgan fingerprint density at radius 1 is 1.14 bits per heavy atom. The van der Waals surface area contributed by atoms with Gasteiger partial charge >= 0.3 is 0 Å². The molecule has 8 heteroatoms. The lowest BCUT2D eigenvalue weighted by Gasteiger charge is -2.27.